The molecule has 3 saturated carbocycles. The van der Waals surface area contributed by atoms with Crippen LogP contribution in [-0.2, 0) is 19.2 Å². The molecule has 36 heavy (non-hydrogen) atoms. The summed E-state index contributed by atoms with van der Waals surface area (Å²) in [4.78, 5) is 55.7. The molecule has 4 aliphatic rings. The van der Waals surface area contributed by atoms with E-state index in [9.17, 15) is 39.6 Å². The summed E-state index contributed by atoms with van der Waals surface area (Å²) >= 11 is 0. The predicted molar refractivity (Wildman–Crippen MR) is 132 cm³/mol. The summed E-state index contributed by atoms with van der Waals surface area (Å²) in [5.74, 6) is -8.63. The Morgan fingerprint density at radius 1 is 0.861 bits per heavy atom. The number of carbonyl (C=O) groups is 4. The summed E-state index contributed by atoms with van der Waals surface area (Å²) in [5.41, 5.74) is -10.4. The predicted octanol–water partition coefficient (Wildman–Crippen LogP) is 2.94. The van der Waals surface area contributed by atoms with E-state index in [0.717, 1.165) is 19.9 Å². The number of carbonyl (C=O) groups excluding carboxylic acids is 4. The van der Waals surface area contributed by atoms with Gasteiger partial charge in [0.05, 0.1) is 0 Å². The Morgan fingerprint density at radius 2 is 1.39 bits per heavy atom. The number of aliphatic hydroxyl groups is 4. The minimum Gasteiger partial charge on any atom is -0.509 e. The van der Waals surface area contributed by atoms with Crippen LogP contribution >= 0.6 is 0 Å². The maximum Gasteiger partial charge on any atom is 0.179 e. The summed E-state index contributed by atoms with van der Waals surface area (Å²) in [6.45, 7) is 8.03. The van der Waals surface area contributed by atoms with E-state index < -0.39 is 74.1 Å². The topological polar surface area (TPSA) is 149 Å². The van der Waals surface area contributed by atoms with Gasteiger partial charge in [-0.25, -0.2) is 0 Å². The van der Waals surface area contributed by atoms with Crippen molar-refractivity contribution in [3.05, 3.63) is 71.3 Å². The van der Waals surface area contributed by atoms with Gasteiger partial charge in [-0.2, -0.15) is 0 Å². The Hall–Kier alpha value is -3.36. The number of fused-ring (bicyclic) bond motifs is 2. The van der Waals surface area contributed by atoms with Gasteiger partial charge < -0.3 is 20.4 Å². The van der Waals surface area contributed by atoms with Crippen LogP contribution in [0.25, 0.3) is 0 Å². The lowest BCUT2D eigenvalue weighted by molar-refractivity contribution is -0.222. The zero-order chi connectivity index (χ0) is 27.4. The molecule has 192 valence electrons. The fourth-order valence-electron chi connectivity index (χ4n) is 6.42. The minimum absolute atomic E-state index is 0.360. The molecule has 0 aromatic carbocycles. The van der Waals surface area contributed by atoms with Gasteiger partial charge >= 0.3 is 0 Å². The van der Waals surface area contributed by atoms with E-state index in [4.69, 9.17) is 0 Å². The van der Waals surface area contributed by atoms with Crippen molar-refractivity contribution in [1.82, 2.24) is 0 Å². The van der Waals surface area contributed by atoms with Crippen LogP contribution in [0, 0.1) is 22.7 Å². The second-order valence-corrected chi connectivity index (χ2v) is 10.1. The van der Waals surface area contributed by atoms with Crippen LogP contribution in [0.5, 0.6) is 0 Å². The Bertz CT molecular complexity index is 1240. The summed E-state index contributed by atoms with van der Waals surface area (Å²) < 4.78 is 0. The third-order valence-electron chi connectivity index (χ3n) is 8.03. The van der Waals surface area contributed by atoms with Gasteiger partial charge in [-0.1, -0.05) is 36.5 Å². The lowest BCUT2D eigenvalue weighted by Crippen LogP contribution is -2.82. The van der Waals surface area contributed by atoms with E-state index >= 15 is 0 Å². The minimum atomic E-state index is -2.49. The van der Waals surface area contributed by atoms with Crippen molar-refractivity contribution in [2.45, 2.75) is 52.7 Å². The van der Waals surface area contributed by atoms with Crippen molar-refractivity contribution in [2.75, 3.05) is 0 Å². The first-order valence-electron chi connectivity index (χ1n) is 11.7. The number of hydrogen-bond donors (Lipinski definition) is 4. The lowest BCUT2D eigenvalue weighted by atomic mass is 9.32. The number of Topliss-reactive ketones (excluding diaryl/α,β-unsaturated/α-hetero) is 3. The number of rotatable bonds is 5. The molecule has 6 atom stereocenters. The van der Waals surface area contributed by atoms with Crippen molar-refractivity contribution in [3.8, 4) is 0 Å². The van der Waals surface area contributed by atoms with Crippen LogP contribution in [0.1, 0.15) is 41.5 Å². The highest BCUT2D eigenvalue weighted by atomic mass is 16.3. The maximum absolute atomic E-state index is 14.0. The molecule has 2 unspecified atom stereocenters. The molecule has 4 rings (SSSR count). The molecule has 0 radical (unpaired) electrons. The zero-order valence-corrected chi connectivity index (χ0v) is 21.2. The SMILES string of the molecule is C/C=C/C=C/C(=O)[C@@]12C(=O)C(C)=C(O)C(C)(O)C1[C@H]1\C(=C(O)/C=C/C=C/C)C(=O)[C@]2(C)C(=O)[C@]1(C)O. The van der Waals surface area contributed by atoms with Crippen LogP contribution in [0.2, 0.25) is 0 Å². The van der Waals surface area contributed by atoms with Crippen LogP contribution in [0.4, 0.5) is 0 Å². The Labute approximate surface area is 209 Å². The van der Waals surface area contributed by atoms with Gasteiger partial charge in [-0.05, 0) is 53.7 Å². The number of aliphatic hydroxyl groups excluding tert-OH is 2. The van der Waals surface area contributed by atoms with Crippen molar-refractivity contribution in [1.29, 1.82) is 0 Å². The van der Waals surface area contributed by atoms with Crippen molar-refractivity contribution < 1.29 is 39.6 Å². The summed E-state index contributed by atoms with van der Waals surface area (Å²) in [5, 5.41) is 44.9. The van der Waals surface area contributed by atoms with E-state index in [-0.39, 0.29) is 5.57 Å². The van der Waals surface area contributed by atoms with E-state index in [2.05, 4.69) is 0 Å². The number of ketones is 4. The Kier molecular flexibility index (Phi) is 6.53. The van der Waals surface area contributed by atoms with Gasteiger partial charge in [-0.3, -0.25) is 19.2 Å². The average Bonchev–Trinajstić information content (AvgIpc) is 2.81. The number of hydrogen-bond acceptors (Lipinski definition) is 8. The fourth-order valence-corrected chi connectivity index (χ4v) is 6.42. The van der Waals surface area contributed by atoms with Gasteiger partial charge in [0, 0.05) is 23.0 Å². The molecule has 0 spiro atoms. The molecule has 3 fully saturated rings. The molecule has 0 heterocycles. The second kappa shape index (κ2) is 8.64. The molecular formula is C28H32O8. The molecule has 0 aromatic rings. The lowest BCUT2D eigenvalue weighted by Gasteiger charge is -2.66. The Morgan fingerprint density at radius 3 is 1.92 bits per heavy atom. The average molecular weight is 497 g/mol. The molecule has 4 aliphatic carbocycles. The first-order valence-corrected chi connectivity index (χ1v) is 11.7. The summed E-state index contributed by atoms with van der Waals surface area (Å²) in [6, 6.07) is 0. The highest BCUT2D eigenvalue weighted by Crippen LogP contribution is 2.70. The van der Waals surface area contributed by atoms with Crippen molar-refractivity contribution in [2.24, 2.45) is 22.7 Å². The molecule has 8 nitrogen and oxygen atoms in total. The van der Waals surface area contributed by atoms with E-state index in [1.54, 1.807) is 32.1 Å². The van der Waals surface area contributed by atoms with E-state index in [0.29, 0.717) is 0 Å². The normalized spacial score (nSPS) is 40.4. The van der Waals surface area contributed by atoms with Crippen LogP contribution in [-0.4, -0.2) is 54.8 Å². The standard InChI is InChI=1S/C28H32O8/c1-7-9-11-13-16(29)18-19-20-27(6,36)21(31)15(3)22(32)28(20,17(30)14-12-10-8-2)25(4,23(18)33)24(34)26(19,5)35/h7-14,19-20,29,31,35-36H,1-6H3/b9-7+,10-8+,13-11+,14-12+,18-16-/t19-,20?,25-,26-,27?,28+/m1/s1. The van der Waals surface area contributed by atoms with Crippen molar-refractivity contribution in [3.63, 3.8) is 0 Å². The smallest absolute Gasteiger partial charge is 0.179 e. The molecule has 4 N–H and O–H groups in total. The molecule has 8 heteroatoms. The fraction of sp³-hybridized carbons (Fsp3) is 0.429. The van der Waals surface area contributed by atoms with Crippen LogP contribution in [0.15, 0.2) is 71.3 Å². The maximum atomic E-state index is 14.0. The van der Waals surface area contributed by atoms with Gasteiger partial charge in [-0.15, -0.1) is 0 Å². The Balaban J connectivity index is 2.56. The zero-order valence-electron chi connectivity index (χ0n) is 21.2. The van der Waals surface area contributed by atoms with Gasteiger partial charge in [0.2, 0.25) is 0 Å². The second-order valence-electron chi connectivity index (χ2n) is 10.1. The van der Waals surface area contributed by atoms with E-state index in [1.807, 2.05) is 0 Å². The summed E-state index contributed by atoms with van der Waals surface area (Å²) in [7, 11) is 0. The number of allylic oxidation sites excluding steroid dienone is 9. The van der Waals surface area contributed by atoms with Gasteiger partial charge in [0.25, 0.3) is 0 Å². The third-order valence-corrected chi connectivity index (χ3v) is 8.03. The quantitative estimate of drug-likeness (QED) is 0.196. The molecular weight excluding hydrogens is 464 g/mol. The molecule has 0 aromatic heterocycles. The first kappa shape index (κ1) is 27.2. The molecule has 0 amide bonds. The van der Waals surface area contributed by atoms with Crippen LogP contribution in [0.3, 0.4) is 0 Å². The largest absolute Gasteiger partial charge is 0.509 e. The first-order chi connectivity index (χ1) is 16.6. The highest BCUT2D eigenvalue weighted by molar-refractivity contribution is 6.33. The van der Waals surface area contributed by atoms with Crippen LogP contribution < -0.4 is 0 Å². The van der Waals surface area contributed by atoms with Crippen molar-refractivity contribution >= 4 is 23.1 Å². The van der Waals surface area contributed by atoms with Gasteiger partial charge in [0.1, 0.15) is 33.6 Å². The molecule has 0 saturated heterocycles. The molecule has 0 aliphatic heterocycles. The van der Waals surface area contributed by atoms with Gasteiger partial charge in [0.15, 0.2) is 23.1 Å². The summed E-state index contributed by atoms with van der Waals surface area (Å²) in [6.07, 6.45) is 11.4. The van der Waals surface area contributed by atoms with E-state index in [1.165, 1.54) is 38.2 Å². The monoisotopic (exact) mass is 496 g/mol. The third kappa shape index (κ3) is 3.07. The highest BCUT2D eigenvalue weighted by Gasteiger charge is 2.85. The molecule has 2 bridgehead atoms.